The van der Waals surface area contributed by atoms with Crippen molar-refractivity contribution in [1.82, 2.24) is 4.98 Å². The maximum atomic E-state index is 5.97. The van der Waals surface area contributed by atoms with Crippen molar-refractivity contribution in [2.24, 2.45) is 0 Å². The van der Waals surface area contributed by atoms with Gasteiger partial charge in [-0.3, -0.25) is 0 Å². The number of fused-ring (bicyclic) bond motifs is 1. The number of ether oxygens (including phenoxy) is 1. The van der Waals surface area contributed by atoms with Crippen LogP contribution in [0, 0.1) is 0 Å². The topological polar surface area (TPSA) is 34.1 Å². The number of hydrogen-bond donors (Lipinski definition) is 1. The Balaban J connectivity index is 1.63. The van der Waals surface area contributed by atoms with Crippen molar-refractivity contribution < 1.29 is 4.74 Å². The summed E-state index contributed by atoms with van der Waals surface area (Å²) >= 11 is 7.62. The first-order valence-electron chi connectivity index (χ1n) is 6.67. The fourth-order valence-corrected chi connectivity index (χ4v) is 3.16. The van der Waals surface area contributed by atoms with Crippen molar-refractivity contribution in [2.75, 3.05) is 19.0 Å². The fourth-order valence-electron chi connectivity index (χ4n) is 2.12. The summed E-state index contributed by atoms with van der Waals surface area (Å²) in [4.78, 5) is 4.54. The van der Waals surface area contributed by atoms with E-state index in [0.717, 1.165) is 39.1 Å². The van der Waals surface area contributed by atoms with Gasteiger partial charge in [0.05, 0.1) is 17.3 Å². The van der Waals surface area contributed by atoms with E-state index in [0.29, 0.717) is 0 Å². The largest absolute Gasteiger partial charge is 0.497 e. The lowest BCUT2D eigenvalue weighted by molar-refractivity contribution is 0.414. The van der Waals surface area contributed by atoms with Crippen LogP contribution in [-0.4, -0.2) is 18.6 Å². The van der Waals surface area contributed by atoms with Crippen molar-refractivity contribution in [3.05, 3.63) is 53.1 Å². The van der Waals surface area contributed by atoms with Gasteiger partial charge in [0.25, 0.3) is 0 Å². The van der Waals surface area contributed by atoms with E-state index in [4.69, 9.17) is 16.3 Å². The molecule has 3 nitrogen and oxygen atoms in total. The Labute approximate surface area is 132 Å². The molecule has 0 aliphatic heterocycles. The van der Waals surface area contributed by atoms with Gasteiger partial charge in [-0.25, -0.2) is 4.98 Å². The van der Waals surface area contributed by atoms with E-state index in [2.05, 4.69) is 22.4 Å². The summed E-state index contributed by atoms with van der Waals surface area (Å²) in [7, 11) is 1.68. The number of anilines is 1. The highest BCUT2D eigenvalue weighted by molar-refractivity contribution is 7.22. The quantitative estimate of drug-likeness (QED) is 0.745. The van der Waals surface area contributed by atoms with Crippen LogP contribution in [0.4, 0.5) is 5.13 Å². The molecule has 1 heterocycles. The van der Waals surface area contributed by atoms with E-state index in [9.17, 15) is 0 Å². The van der Waals surface area contributed by atoms with E-state index in [1.54, 1.807) is 18.4 Å². The van der Waals surface area contributed by atoms with Crippen LogP contribution in [-0.2, 0) is 6.42 Å². The average Bonchev–Trinajstić information content (AvgIpc) is 2.89. The van der Waals surface area contributed by atoms with Gasteiger partial charge in [-0.1, -0.05) is 35.1 Å². The number of aromatic nitrogens is 1. The van der Waals surface area contributed by atoms with Crippen molar-refractivity contribution >= 4 is 38.3 Å². The lowest BCUT2D eigenvalue weighted by Gasteiger charge is -2.05. The highest BCUT2D eigenvalue weighted by Gasteiger charge is 2.04. The molecule has 0 bridgehead atoms. The third-order valence-electron chi connectivity index (χ3n) is 3.17. The summed E-state index contributed by atoms with van der Waals surface area (Å²) in [6, 6.07) is 13.9. The number of halogens is 1. The molecule has 21 heavy (non-hydrogen) atoms. The Morgan fingerprint density at radius 1 is 1.24 bits per heavy atom. The molecular weight excluding hydrogens is 304 g/mol. The lowest BCUT2D eigenvalue weighted by Crippen LogP contribution is -2.04. The predicted octanol–water partition coefficient (Wildman–Crippen LogP) is 4.61. The zero-order valence-corrected chi connectivity index (χ0v) is 13.2. The molecule has 0 aliphatic carbocycles. The molecule has 0 spiro atoms. The second kappa shape index (κ2) is 6.33. The van der Waals surface area contributed by atoms with Gasteiger partial charge >= 0.3 is 0 Å². The van der Waals surface area contributed by atoms with Gasteiger partial charge in [0, 0.05) is 11.6 Å². The number of hydrogen-bond acceptors (Lipinski definition) is 4. The van der Waals surface area contributed by atoms with Crippen LogP contribution < -0.4 is 10.1 Å². The summed E-state index contributed by atoms with van der Waals surface area (Å²) in [5.74, 6) is 0.891. The van der Waals surface area contributed by atoms with E-state index in [1.165, 1.54) is 5.56 Å². The van der Waals surface area contributed by atoms with Crippen molar-refractivity contribution in [1.29, 1.82) is 0 Å². The first-order chi connectivity index (χ1) is 10.2. The van der Waals surface area contributed by atoms with Crippen LogP contribution >= 0.6 is 22.9 Å². The molecule has 0 fully saturated rings. The molecule has 5 heteroatoms. The maximum Gasteiger partial charge on any atom is 0.183 e. The van der Waals surface area contributed by atoms with Crippen LogP contribution in [0.15, 0.2) is 42.5 Å². The van der Waals surface area contributed by atoms with Crippen LogP contribution in [0.1, 0.15) is 5.56 Å². The Bertz CT molecular complexity index is 757. The zero-order chi connectivity index (χ0) is 14.7. The van der Waals surface area contributed by atoms with Gasteiger partial charge in [0.2, 0.25) is 0 Å². The lowest BCUT2D eigenvalue weighted by atomic mass is 10.1. The Kier molecular flexibility index (Phi) is 4.27. The number of nitrogens with one attached hydrogen (secondary N) is 1. The molecule has 0 atom stereocenters. The maximum absolute atomic E-state index is 5.97. The van der Waals surface area contributed by atoms with Crippen LogP contribution in [0.25, 0.3) is 10.2 Å². The van der Waals surface area contributed by atoms with Crippen molar-refractivity contribution in [3.63, 3.8) is 0 Å². The first kappa shape index (κ1) is 14.2. The van der Waals surface area contributed by atoms with Crippen LogP contribution in [0.3, 0.4) is 0 Å². The molecule has 0 unspecified atom stereocenters. The molecular formula is C16H15ClN2OS. The minimum Gasteiger partial charge on any atom is -0.497 e. The highest BCUT2D eigenvalue weighted by atomic mass is 35.5. The number of thiazole rings is 1. The standard InChI is InChI=1S/C16H15ClN2OS/c1-20-13-4-2-3-11(9-13)7-8-18-16-19-14-10-12(17)5-6-15(14)21-16/h2-6,9-10H,7-8H2,1H3,(H,18,19). The second-order valence-corrected chi connectivity index (χ2v) is 6.13. The van der Waals surface area contributed by atoms with Gasteiger partial charge in [-0.05, 0) is 42.3 Å². The monoisotopic (exact) mass is 318 g/mol. The predicted molar refractivity (Wildman–Crippen MR) is 89.8 cm³/mol. The average molecular weight is 319 g/mol. The smallest absolute Gasteiger partial charge is 0.183 e. The number of nitrogens with zero attached hydrogens (tertiary/aromatic N) is 1. The molecule has 0 saturated heterocycles. The van der Waals surface area contributed by atoms with Crippen molar-refractivity contribution in [2.45, 2.75) is 6.42 Å². The van der Waals surface area contributed by atoms with Crippen LogP contribution in [0.5, 0.6) is 5.75 Å². The van der Waals surface area contributed by atoms with E-state index >= 15 is 0 Å². The fraction of sp³-hybridized carbons (Fsp3) is 0.188. The minimum atomic E-state index is 0.718. The van der Waals surface area contributed by atoms with Gasteiger partial charge in [0.1, 0.15) is 5.75 Å². The molecule has 3 aromatic rings. The molecule has 1 N–H and O–H groups in total. The number of methoxy groups -OCH3 is 1. The summed E-state index contributed by atoms with van der Waals surface area (Å²) in [5, 5.41) is 5.01. The van der Waals surface area contributed by atoms with Gasteiger partial charge < -0.3 is 10.1 Å². The van der Waals surface area contributed by atoms with E-state index in [-0.39, 0.29) is 0 Å². The third kappa shape index (κ3) is 3.46. The molecule has 0 saturated carbocycles. The molecule has 3 rings (SSSR count). The number of rotatable bonds is 5. The molecule has 0 amide bonds. The van der Waals surface area contributed by atoms with Gasteiger partial charge in [0.15, 0.2) is 5.13 Å². The van der Waals surface area contributed by atoms with Gasteiger partial charge in [-0.15, -0.1) is 0 Å². The third-order valence-corrected chi connectivity index (χ3v) is 4.40. The summed E-state index contributed by atoms with van der Waals surface area (Å²) in [6.07, 6.45) is 0.924. The SMILES string of the molecule is COc1cccc(CCNc2nc3cc(Cl)ccc3s2)c1. The Morgan fingerprint density at radius 2 is 2.14 bits per heavy atom. The molecule has 0 aliphatic rings. The zero-order valence-electron chi connectivity index (χ0n) is 11.6. The summed E-state index contributed by atoms with van der Waals surface area (Å²) in [6.45, 7) is 0.834. The first-order valence-corrected chi connectivity index (χ1v) is 7.87. The van der Waals surface area contributed by atoms with E-state index < -0.39 is 0 Å². The summed E-state index contributed by atoms with van der Waals surface area (Å²) in [5.41, 5.74) is 2.18. The van der Waals surface area contributed by atoms with Crippen LogP contribution in [0.2, 0.25) is 5.02 Å². The number of benzene rings is 2. The van der Waals surface area contributed by atoms with E-state index in [1.807, 2.05) is 30.3 Å². The highest BCUT2D eigenvalue weighted by Crippen LogP contribution is 2.27. The molecule has 0 radical (unpaired) electrons. The Hall–Kier alpha value is -1.78. The summed E-state index contributed by atoms with van der Waals surface area (Å²) < 4.78 is 6.37. The Morgan fingerprint density at radius 3 is 3.00 bits per heavy atom. The molecule has 1 aromatic heterocycles. The minimum absolute atomic E-state index is 0.718. The van der Waals surface area contributed by atoms with Gasteiger partial charge in [-0.2, -0.15) is 0 Å². The van der Waals surface area contributed by atoms with Crippen molar-refractivity contribution in [3.8, 4) is 5.75 Å². The molecule has 108 valence electrons. The normalized spacial score (nSPS) is 10.8. The molecule has 2 aromatic carbocycles. The second-order valence-electron chi connectivity index (χ2n) is 4.66.